The lowest BCUT2D eigenvalue weighted by Gasteiger charge is -2.13. The summed E-state index contributed by atoms with van der Waals surface area (Å²) in [4.78, 5) is 31.9. The molecular formula is C20H15ClN4O4S. The van der Waals surface area contributed by atoms with E-state index in [2.05, 4.69) is 19.7 Å². The first-order valence-corrected chi connectivity index (χ1v) is 10.6. The van der Waals surface area contributed by atoms with Gasteiger partial charge in [-0.1, -0.05) is 23.7 Å². The fraction of sp³-hybridized carbons (Fsp3) is 0.0500. The van der Waals surface area contributed by atoms with Crippen molar-refractivity contribution in [2.75, 3.05) is 4.72 Å². The molecular weight excluding hydrogens is 428 g/mol. The van der Waals surface area contributed by atoms with E-state index in [9.17, 15) is 18.0 Å². The Morgan fingerprint density at radius 1 is 1.00 bits per heavy atom. The third-order valence-corrected chi connectivity index (χ3v) is 6.34. The number of nitrogens with zero attached hydrogens (tertiary/aromatic N) is 1. The van der Waals surface area contributed by atoms with Crippen molar-refractivity contribution in [1.82, 2.24) is 15.0 Å². The van der Waals surface area contributed by atoms with Gasteiger partial charge in [-0.15, -0.1) is 0 Å². The maximum atomic E-state index is 13.0. The van der Waals surface area contributed by atoms with E-state index in [0.717, 1.165) is 11.1 Å². The minimum absolute atomic E-state index is 0.0369. The van der Waals surface area contributed by atoms with Gasteiger partial charge in [0.2, 0.25) is 0 Å². The van der Waals surface area contributed by atoms with Crippen molar-refractivity contribution in [3.05, 3.63) is 86.2 Å². The quantitative estimate of drug-likeness (QED) is 0.419. The van der Waals surface area contributed by atoms with Crippen molar-refractivity contribution < 1.29 is 8.42 Å². The van der Waals surface area contributed by atoms with Crippen LogP contribution >= 0.6 is 11.6 Å². The second-order valence-electron chi connectivity index (χ2n) is 6.61. The Balaban J connectivity index is 1.72. The highest BCUT2D eigenvalue weighted by Gasteiger charge is 2.19. The number of sulfonamides is 1. The van der Waals surface area contributed by atoms with E-state index in [4.69, 9.17) is 11.6 Å². The Morgan fingerprint density at radius 3 is 2.33 bits per heavy atom. The summed E-state index contributed by atoms with van der Waals surface area (Å²) in [5.41, 5.74) is 1.07. The van der Waals surface area contributed by atoms with Crippen LogP contribution in [-0.4, -0.2) is 23.4 Å². The highest BCUT2D eigenvalue weighted by Crippen LogP contribution is 2.31. The first-order valence-electron chi connectivity index (χ1n) is 8.74. The van der Waals surface area contributed by atoms with Gasteiger partial charge in [0.05, 0.1) is 26.6 Å². The number of anilines is 1. The number of pyridine rings is 1. The molecule has 152 valence electrons. The van der Waals surface area contributed by atoms with Crippen molar-refractivity contribution in [3.63, 3.8) is 0 Å². The van der Waals surface area contributed by atoms with Crippen LogP contribution in [0.4, 0.5) is 5.69 Å². The zero-order chi connectivity index (χ0) is 21.5. The molecule has 4 aromatic rings. The maximum Gasteiger partial charge on any atom is 0.314 e. The summed E-state index contributed by atoms with van der Waals surface area (Å²) in [6.45, 7) is 1.59. The molecule has 8 nitrogen and oxygen atoms in total. The number of hydrogen-bond donors (Lipinski definition) is 3. The van der Waals surface area contributed by atoms with Gasteiger partial charge in [-0.2, -0.15) is 0 Å². The zero-order valence-corrected chi connectivity index (χ0v) is 17.1. The van der Waals surface area contributed by atoms with Crippen LogP contribution < -0.4 is 15.8 Å². The Morgan fingerprint density at radius 2 is 1.70 bits per heavy atom. The molecule has 4 rings (SSSR count). The molecule has 2 heterocycles. The molecule has 0 radical (unpaired) electrons. The van der Waals surface area contributed by atoms with Gasteiger partial charge in [-0.25, -0.2) is 8.42 Å². The van der Waals surface area contributed by atoms with E-state index < -0.39 is 21.1 Å². The van der Waals surface area contributed by atoms with Gasteiger partial charge >= 0.3 is 11.1 Å². The molecule has 0 saturated carbocycles. The van der Waals surface area contributed by atoms with Gasteiger partial charge in [0.25, 0.3) is 10.0 Å². The topological polar surface area (TPSA) is 125 Å². The fourth-order valence-electron chi connectivity index (χ4n) is 3.09. The summed E-state index contributed by atoms with van der Waals surface area (Å²) in [5, 5.41) is 0.361. The van der Waals surface area contributed by atoms with Gasteiger partial charge in [0.15, 0.2) is 0 Å². The first-order chi connectivity index (χ1) is 14.2. The predicted octanol–water partition coefficient (Wildman–Crippen LogP) is 3.04. The zero-order valence-electron chi connectivity index (χ0n) is 15.6. The van der Waals surface area contributed by atoms with Crippen molar-refractivity contribution in [2.24, 2.45) is 0 Å². The fourth-order valence-corrected chi connectivity index (χ4v) is 4.68. The second kappa shape index (κ2) is 7.43. The Hall–Kier alpha value is -3.43. The average molecular weight is 443 g/mol. The summed E-state index contributed by atoms with van der Waals surface area (Å²) >= 11 is 6.34. The molecule has 0 fully saturated rings. The number of halogens is 1. The van der Waals surface area contributed by atoms with Crippen molar-refractivity contribution in [3.8, 4) is 11.1 Å². The largest absolute Gasteiger partial charge is 0.316 e. The summed E-state index contributed by atoms with van der Waals surface area (Å²) < 4.78 is 28.4. The molecule has 0 aliphatic heterocycles. The summed E-state index contributed by atoms with van der Waals surface area (Å²) in [7, 11) is -3.99. The average Bonchev–Trinajstić information content (AvgIpc) is 2.69. The smallest absolute Gasteiger partial charge is 0.314 e. The molecule has 3 N–H and O–H groups in total. The molecule has 0 saturated heterocycles. The van der Waals surface area contributed by atoms with Crippen LogP contribution in [0.15, 0.2) is 69.3 Å². The number of rotatable bonds is 4. The predicted molar refractivity (Wildman–Crippen MR) is 115 cm³/mol. The van der Waals surface area contributed by atoms with Crippen molar-refractivity contribution >= 4 is 38.3 Å². The second-order valence-corrected chi connectivity index (χ2v) is 8.67. The van der Waals surface area contributed by atoms with Crippen LogP contribution in [0.1, 0.15) is 5.56 Å². The minimum atomic E-state index is -3.99. The molecule has 2 aromatic carbocycles. The molecule has 0 atom stereocenters. The van der Waals surface area contributed by atoms with Crippen molar-refractivity contribution in [1.29, 1.82) is 0 Å². The summed E-state index contributed by atoms with van der Waals surface area (Å²) in [5.74, 6) is 0. The molecule has 0 unspecified atom stereocenters. The highest BCUT2D eigenvalue weighted by molar-refractivity contribution is 7.92. The molecule has 0 bridgehead atoms. The van der Waals surface area contributed by atoms with E-state index >= 15 is 0 Å². The normalized spacial score (nSPS) is 11.5. The third-order valence-electron chi connectivity index (χ3n) is 4.50. The third kappa shape index (κ3) is 3.72. The van der Waals surface area contributed by atoms with Gasteiger partial charge in [0.1, 0.15) is 0 Å². The van der Waals surface area contributed by atoms with Crippen LogP contribution in [-0.2, 0) is 10.0 Å². The molecule has 10 heteroatoms. The molecule has 0 amide bonds. The lowest BCUT2D eigenvalue weighted by Crippen LogP contribution is -2.29. The highest BCUT2D eigenvalue weighted by atomic mass is 35.5. The minimum Gasteiger partial charge on any atom is -0.316 e. The van der Waals surface area contributed by atoms with Crippen LogP contribution in [0, 0.1) is 6.92 Å². The molecule has 30 heavy (non-hydrogen) atoms. The van der Waals surface area contributed by atoms with Gasteiger partial charge in [0, 0.05) is 23.5 Å². The summed E-state index contributed by atoms with van der Waals surface area (Å²) in [6.07, 6.45) is 3.31. The lowest BCUT2D eigenvalue weighted by molar-refractivity contribution is 0.600. The molecule has 0 aliphatic carbocycles. The van der Waals surface area contributed by atoms with Crippen LogP contribution in [0.2, 0.25) is 5.02 Å². The van der Waals surface area contributed by atoms with E-state index in [-0.39, 0.29) is 16.1 Å². The molecule has 0 spiro atoms. The van der Waals surface area contributed by atoms with Crippen LogP contribution in [0.25, 0.3) is 22.2 Å². The SMILES string of the molecule is Cc1cc2[nH]c(=O)c(=O)[nH]c2cc1S(=O)(=O)Nc1ccc(-c2cccnc2)c(Cl)c1. The Kier molecular flexibility index (Phi) is 4.92. The van der Waals surface area contributed by atoms with E-state index in [1.807, 2.05) is 6.07 Å². The van der Waals surface area contributed by atoms with Gasteiger partial charge < -0.3 is 9.97 Å². The summed E-state index contributed by atoms with van der Waals surface area (Å²) in [6, 6.07) is 11.2. The molecule has 0 aliphatic rings. The van der Waals surface area contributed by atoms with Gasteiger partial charge in [-0.05, 0) is 42.8 Å². The number of hydrogen-bond acceptors (Lipinski definition) is 5. The Bertz CT molecular complexity index is 1500. The standard InChI is InChI=1S/C20H15ClN4O4S/c1-11-7-16-17(24-20(27)19(26)23-16)9-18(11)30(28,29)25-13-4-5-14(15(21)8-13)12-3-2-6-22-10-12/h2-10,25H,1H3,(H,23,26)(H,24,27). The first kappa shape index (κ1) is 19.9. The van der Waals surface area contributed by atoms with Crippen LogP contribution in [0.5, 0.6) is 0 Å². The monoisotopic (exact) mass is 442 g/mol. The lowest BCUT2D eigenvalue weighted by atomic mass is 10.1. The maximum absolute atomic E-state index is 13.0. The van der Waals surface area contributed by atoms with E-state index in [0.29, 0.717) is 16.1 Å². The number of fused-ring (bicyclic) bond motifs is 1. The Labute approximate surface area is 175 Å². The van der Waals surface area contributed by atoms with Crippen molar-refractivity contribution in [2.45, 2.75) is 11.8 Å². The van der Waals surface area contributed by atoms with Crippen LogP contribution in [0.3, 0.4) is 0 Å². The molecule has 2 aromatic heterocycles. The number of aryl methyl sites for hydroxylation is 1. The number of H-pyrrole nitrogens is 2. The number of benzene rings is 2. The van der Waals surface area contributed by atoms with Gasteiger partial charge in [-0.3, -0.25) is 19.3 Å². The number of aromatic amines is 2. The van der Waals surface area contributed by atoms with E-state index in [1.54, 1.807) is 37.5 Å². The number of nitrogens with one attached hydrogen (secondary N) is 3. The van der Waals surface area contributed by atoms with E-state index in [1.165, 1.54) is 18.2 Å². The number of aromatic nitrogens is 3.